The van der Waals surface area contributed by atoms with Gasteiger partial charge in [-0.25, -0.2) is 14.8 Å². The highest BCUT2D eigenvalue weighted by atomic mass is 32.1. The van der Waals surface area contributed by atoms with Crippen LogP contribution < -0.4 is 10.2 Å². The molecule has 1 aliphatic rings. The molecule has 1 aliphatic heterocycles. The lowest BCUT2D eigenvalue weighted by Crippen LogP contribution is -2.53. The van der Waals surface area contributed by atoms with Crippen molar-refractivity contribution in [3.05, 3.63) is 29.9 Å². The molecule has 182 valence electrons. The Bertz CT molecular complexity index is 1100. The van der Waals surface area contributed by atoms with Crippen molar-refractivity contribution in [2.24, 2.45) is 5.92 Å². The Morgan fingerprint density at radius 1 is 1.26 bits per heavy atom. The molecule has 1 aromatic carbocycles. The Balaban J connectivity index is 0.000000406. The third-order valence-electron chi connectivity index (χ3n) is 4.98. The summed E-state index contributed by atoms with van der Waals surface area (Å²) in [6, 6.07) is 5.70. The maximum Gasteiger partial charge on any atom is 0.490 e. The molecule has 0 spiro atoms. The Kier molecular flexibility index (Phi) is 7.94. The fraction of sp³-hybridized carbons (Fsp3) is 0.400. The Labute approximate surface area is 196 Å². The summed E-state index contributed by atoms with van der Waals surface area (Å²) in [6.07, 6.45) is -3.43. The molecule has 34 heavy (non-hydrogen) atoms. The minimum absolute atomic E-state index is 0.105. The van der Waals surface area contributed by atoms with Gasteiger partial charge in [-0.3, -0.25) is 0 Å². The van der Waals surface area contributed by atoms with Crippen LogP contribution in [0, 0.1) is 5.92 Å². The van der Waals surface area contributed by atoms with Crippen molar-refractivity contribution in [1.29, 1.82) is 0 Å². The second-order valence-electron chi connectivity index (χ2n) is 7.68. The van der Waals surface area contributed by atoms with Gasteiger partial charge < -0.3 is 20.4 Å². The van der Waals surface area contributed by atoms with Gasteiger partial charge in [-0.15, -0.1) is 10.2 Å². The van der Waals surface area contributed by atoms with E-state index >= 15 is 0 Å². The number of nitrogens with zero attached hydrogens (tertiary/aromatic N) is 6. The molecule has 0 amide bonds. The van der Waals surface area contributed by atoms with Crippen molar-refractivity contribution >= 4 is 23.5 Å². The summed E-state index contributed by atoms with van der Waals surface area (Å²) in [4.78, 5) is 19.7. The second kappa shape index (κ2) is 10.7. The maximum atomic E-state index is 10.6. The average molecular weight is 498 g/mol. The fourth-order valence-electron chi connectivity index (χ4n) is 3.13. The van der Waals surface area contributed by atoms with E-state index in [1.165, 1.54) is 11.5 Å². The highest BCUT2D eigenvalue weighted by Crippen LogP contribution is 2.31. The Morgan fingerprint density at radius 3 is 2.53 bits per heavy atom. The van der Waals surface area contributed by atoms with Crippen molar-refractivity contribution in [3.8, 4) is 28.4 Å². The van der Waals surface area contributed by atoms with Gasteiger partial charge in [-0.1, -0.05) is 19.9 Å². The number of halogens is 3. The Hall–Kier alpha value is -3.39. The number of alkyl halides is 3. The topological polar surface area (TPSA) is 137 Å². The van der Waals surface area contributed by atoms with Crippen LogP contribution in [0.3, 0.4) is 0 Å². The number of benzene rings is 1. The predicted molar refractivity (Wildman–Crippen MR) is 118 cm³/mol. The first kappa shape index (κ1) is 25.2. The molecular formula is C20H22F3N7O3S. The van der Waals surface area contributed by atoms with Gasteiger partial charge in [0, 0.05) is 36.8 Å². The molecule has 3 aromatic rings. The lowest BCUT2D eigenvalue weighted by Gasteiger charge is -2.35. The van der Waals surface area contributed by atoms with Gasteiger partial charge in [0.25, 0.3) is 0 Å². The van der Waals surface area contributed by atoms with Gasteiger partial charge in [0.05, 0.1) is 6.20 Å². The third kappa shape index (κ3) is 6.35. The molecule has 14 heteroatoms. The van der Waals surface area contributed by atoms with E-state index in [4.69, 9.17) is 9.90 Å². The number of hydrogen-bond acceptors (Lipinski definition) is 10. The first-order chi connectivity index (χ1) is 16.1. The van der Waals surface area contributed by atoms with Crippen molar-refractivity contribution < 1.29 is 28.2 Å². The van der Waals surface area contributed by atoms with E-state index in [1.54, 1.807) is 23.8 Å². The minimum atomic E-state index is -5.08. The summed E-state index contributed by atoms with van der Waals surface area (Å²) < 4.78 is 35.9. The standard InChI is InChI=1S/C18H21N7OS.C2HF3O2/c1-11(2)15-9-25(6-5-19-15)18-20-8-14(22-23-18)13-4-3-12(7-16(13)26)17-21-10-27-24-17;3-2(4,5)1(6)7/h3-4,7-8,10-11,15,19,26H,5-6,9H2,1-2H3;(H,6,7)/t15-;/m1./s1. The molecule has 1 fully saturated rings. The van der Waals surface area contributed by atoms with Gasteiger partial charge in [0.1, 0.15) is 17.0 Å². The molecule has 1 saturated heterocycles. The molecule has 3 N–H and O–H groups in total. The number of carboxylic acid groups (broad SMARTS) is 1. The highest BCUT2D eigenvalue weighted by molar-refractivity contribution is 7.03. The number of anilines is 1. The quantitative estimate of drug-likeness (QED) is 0.493. The number of nitrogens with one attached hydrogen (secondary N) is 1. The normalized spacial score (nSPS) is 16.2. The summed E-state index contributed by atoms with van der Waals surface area (Å²) in [7, 11) is 0. The highest BCUT2D eigenvalue weighted by Gasteiger charge is 2.38. The van der Waals surface area contributed by atoms with E-state index in [0.29, 0.717) is 35.0 Å². The largest absolute Gasteiger partial charge is 0.507 e. The summed E-state index contributed by atoms with van der Waals surface area (Å²) in [5, 5.41) is 29.6. The molecule has 0 unspecified atom stereocenters. The van der Waals surface area contributed by atoms with Crippen LogP contribution in [0.1, 0.15) is 13.8 Å². The van der Waals surface area contributed by atoms with Gasteiger partial charge in [-0.05, 0) is 29.6 Å². The van der Waals surface area contributed by atoms with Gasteiger partial charge >= 0.3 is 12.1 Å². The van der Waals surface area contributed by atoms with E-state index in [-0.39, 0.29) is 5.75 Å². The van der Waals surface area contributed by atoms with Crippen LogP contribution in [0.4, 0.5) is 19.1 Å². The fourth-order valence-corrected chi connectivity index (χ4v) is 3.58. The first-order valence-corrected chi connectivity index (χ1v) is 11.0. The number of rotatable bonds is 4. The molecule has 0 bridgehead atoms. The zero-order valence-electron chi connectivity index (χ0n) is 18.2. The first-order valence-electron chi connectivity index (χ1n) is 10.1. The minimum Gasteiger partial charge on any atom is -0.507 e. The molecule has 3 heterocycles. The number of aliphatic carboxylic acids is 1. The lowest BCUT2D eigenvalue weighted by atomic mass is 10.0. The van der Waals surface area contributed by atoms with Crippen LogP contribution in [0.25, 0.3) is 22.6 Å². The SMILES string of the molecule is CC(C)[C@H]1CN(c2ncc(-c3ccc(-c4ncsn4)cc3O)nn2)CCN1.O=C(O)C(F)(F)F. The molecule has 2 aromatic heterocycles. The molecule has 4 rings (SSSR count). The van der Waals surface area contributed by atoms with Crippen LogP contribution in [0.15, 0.2) is 29.9 Å². The number of hydrogen-bond donors (Lipinski definition) is 3. The molecule has 1 atom stereocenters. The van der Waals surface area contributed by atoms with Crippen molar-refractivity contribution in [1.82, 2.24) is 29.9 Å². The molecular weight excluding hydrogens is 475 g/mol. The summed E-state index contributed by atoms with van der Waals surface area (Å²) >= 11 is 1.27. The predicted octanol–water partition coefficient (Wildman–Crippen LogP) is 2.83. The van der Waals surface area contributed by atoms with Crippen LogP contribution >= 0.6 is 11.5 Å². The molecule has 10 nitrogen and oxygen atoms in total. The Morgan fingerprint density at radius 2 is 2.00 bits per heavy atom. The van der Waals surface area contributed by atoms with Gasteiger partial charge in [-0.2, -0.15) is 17.5 Å². The van der Waals surface area contributed by atoms with Crippen molar-refractivity contribution in [3.63, 3.8) is 0 Å². The van der Waals surface area contributed by atoms with Gasteiger partial charge in [0.2, 0.25) is 5.95 Å². The average Bonchev–Trinajstić information content (AvgIpc) is 3.34. The maximum absolute atomic E-state index is 10.6. The van der Waals surface area contributed by atoms with Gasteiger partial charge in [0.15, 0.2) is 5.82 Å². The van der Waals surface area contributed by atoms with Crippen LogP contribution in [-0.2, 0) is 4.79 Å². The number of carboxylic acids is 1. The summed E-state index contributed by atoms with van der Waals surface area (Å²) in [5.74, 6) is -0.892. The molecule has 0 radical (unpaired) electrons. The second-order valence-corrected chi connectivity index (χ2v) is 8.29. The number of aromatic hydroxyl groups is 1. The summed E-state index contributed by atoms with van der Waals surface area (Å²) in [5.41, 5.74) is 3.54. The van der Waals surface area contributed by atoms with E-state index in [0.717, 1.165) is 25.2 Å². The number of carbonyl (C=O) groups is 1. The lowest BCUT2D eigenvalue weighted by molar-refractivity contribution is -0.192. The van der Waals surface area contributed by atoms with Crippen LogP contribution in [-0.4, -0.2) is 72.6 Å². The zero-order valence-corrected chi connectivity index (χ0v) is 19.0. The van der Waals surface area contributed by atoms with E-state index in [1.807, 2.05) is 6.07 Å². The van der Waals surface area contributed by atoms with E-state index in [9.17, 15) is 18.3 Å². The molecule has 0 saturated carbocycles. The summed E-state index contributed by atoms with van der Waals surface area (Å²) in [6.45, 7) is 7.03. The smallest absolute Gasteiger partial charge is 0.490 e. The number of phenolic OH excluding ortho intramolecular Hbond substituents is 1. The molecule has 0 aliphatic carbocycles. The number of piperazine rings is 1. The number of aromatic nitrogens is 5. The van der Waals surface area contributed by atoms with Crippen LogP contribution in [0.5, 0.6) is 5.75 Å². The van der Waals surface area contributed by atoms with E-state index in [2.05, 4.69) is 48.6 Å². The van der Waals surface area contributed by atoms with E-state index < -0.39 is 12.1 Å². The zero-order chi connectivity index (χ0) is 24.9. The number of phenols is 1. The third-order valence-corrected chi connectivity index (χ3v) is 5.46. The van der Waals surface area contributed by atoms with Crippen molar-refractivity contribution in [2.45, 2.75) is 26.1 Å². The van der Waals surface area contributed by atoms with Crippen molar-refractivity contribution in [2.75, 3.05) is 24.5 Å². The monoisotopic (exact) mass is 497 g/mol. The van der Waals surface area contributed by atoms with Crippen LogP contribution in [0.2, 0.25) is 0 Å².